The van der Waals surface area contributed by atoms with Gasteiger partial charge in [-0.1, -0.05) is 36.4 Å². The molecule has 0 saturated heterocycles. The number of benzene rings is 2. The Morgan fingerprint density at radius 2 is 1.84 bits per heavy atom. The van der Waals surface area contributed by atoms with Crippen molar-refractivity contribution in [1.82, 2.24) is 4.90 Å². The first-order chi connectivity index (χ1) is 12.2. The van der Waals surface area contributed by atoms with E-state index in [0.29, 0.717) is 6.54 Å². The zero-order valence-electron chi connectivity index (χ0n) is 15.0. The van der Waals surface area contributed by atoms with Gasteiger partial charge in [0.2, 0.25) is 0 Å². The van der Waals surface area contributed by atoms with Gasteiger partial charge in [0.05, 0.1) is 13.7 Å². The average molecular weight is 335 g/mol. The smallest absolute Gasteiger partial charge is 0.258 e. The number of allylic oxidation sites excluding steroid dienone is 2. The summed E-state index contributed by atoms with van der Waals surface area (Å²) in [5.41, 5.74) is 4.05. The lowest BCUT2D eigenvalue weighted by molar-refractivity contribution is 0.0787. The molecular formula is C22H25NO2. The molecule has 0 fully saturated rings. The van der Waals surface area contributed by atoms with Crippen LogP contribution in [0.5, 0.6) is 5.75 Å². The van der Waals surface area contributed by atoms with Gasteiger partial charge in [0.15, 0.2) is 0 Å². The highest BCUT2D eigenvalue weighted by Gasteiger charge is 2.22. The zero-order valence-corrected chi connectivity index (χ0v) is 15.0. The third kappa shape index (κ3) is 4.11. The second-order valence-corrected chi connectivity index (χ2v) is 6.50. The molecule has 2 aromatic carbocycles. The maximum absolute atomic E-state index is 13.3. The van der Waals surface area contributed by atoms with Crippen LogP contribution in [0.25, 0.3) is 0 Å². The van der Waals surface area contributed by atoms with Crippen molar-refractivity contribution in [1.29, 1.82) is 0 Å². The minimum Gasteiger partial charge on any atom is -0.497 e. The Balaban J connectivity index is 1.90. The predicted molar refractivity (Wildman–Crippen MR) is 101 cm³/mol. The van der Waals surface area contributed by atoms with E-state index in [1.165, 1.54) is 6.42 Å². The number of aryl methyl sites for hydroxylation is 1. The second kappa shape index (κ2) is 8.02. The van der Waals surface area contributed by atoms with Gasteiger partial charge in [-0.3, -0.25) is 4.79 Å². The quantitative estimate of drug-likeness (QED) is 0.760. The van der Waals surface area contributed by atoms with Crippen LogP contribution in [0.4, 0.5) is 0 Å². The van der Waals surface area contributed by atoms with Crippen molar-refractivity contribution in [2.24, 2.45) is 0 Å². The van der Waals surface area contributed by atoms with Gasteiger partial charge in [-0.05, 0) is 61.9 Å². The van der Waals surface area contributed by atoms with Crippen LogP contribution in [0.3, 0.4) is 0 Å². The number of methoxy groups -OCH3 is 1. The van der Waals surface area contributed by atoms with Crippen LogP contribution in [-0.4, -0.2) is 17.9 Å². The third-order valence-corrected chi connectivity index (χ3v) is 4.73. The number of hydrogen-bond acceptors (Lipinski definition) is 2. The molecule has 0 radical (unpaired) electrons. The molecule has 0 saturated carbocycles. The summed E-state index contributed by atoms with van der Waals surface area (Å²) in [7, 11) is 1.66. The summed E-state index contributed by atoms with van der Waals surface area (Å²) in [6, 6.07) is 15.8. The van der Waals surface area contributed by atoms with Crippen molar-refractivity contribution in [2.45, 2.75) is 39.2 Å². The summed E-state index contributed by atoms with van der Waals surface area (Å²) in [6.07, 6.45) is 6.59. The summed E-state index contributed by atoms with van der Waals surface area (Å²) in [5.74, 6) is 0.916. The molecule has 130 valence electrons. The summed E-state index contributed by atoms with van der Waals surface area (Å²) in [4.78, 5) is 15.2. The molecule has 1 aliphatic carbocycles. The Morgan fingerprint density at radius 1 is 1.08 bits per heavy atom. The van der Waals surface area contributed by atoms with E-state index >= 15 is 0 Å². The highest BCUT2D eigenvalue weighted by molar-refractivity contribution is 5.96. The largest absolute Gasteiger partial charge is 0.497 e. The van der Waals surface area contributed by atoms with Crippen molar-refractivity contribution in [3.05, 3.63) is 77.0 Å². The summed E-state index contributed by atoms with van der Waals surface area (Å²) in [5, 5.41) is 0. The molecule has 3 nitrogen and oxygen atoms in total. The number of ether oxygens (including phenoxy) is 1. The fourth-order valence-corrected chi connectivity index (χ4v) is 3.24. The molecule has 1 amide bonds. The van der Waals surface area contributed by atoms with Crippen molar-refractivity contribution in [3.63, 3.8) is 0 Å². The van der Waals surface area contributed by atoms with E-state index in [2.05, 4.69) is 6.08 Å². The third-order valence-electron chi connectivity index (χ3n) is 4.73. The molecule has 0 heterocycles. The molecule has 1 aliphatic rings. The SMILES string of the molecule is COc1ccc(CN(C(=O)c2ccccc2C)C2=CCCCC2)cc1. The lowest BCUT2D eigenvalue weighted by Gasteiger charge is -2.28. The predicted octanol–water partition coefficient (Wildman–Crippen LogP) is 5.10. The fourth-order valence-electron chi connectivity index (χ4n) is 3.24. The van der Waals surface area contributed by atoms with Crippen LogP contribution in [0.1, 0.15) is 47.2 Å². The molecule has 0 spiro atoms. The minimum absolute atomic E-state index is 0.0852. The molecule has 0 unspecified atom stereocenters. The van der Waals surface area contributed by atoms with Crippen LogP contribution in [0, 0.1) is 6.92 Å². The Hall–Kier alpha value is -2.55. The van der Waals surface area contributed by atoms with E-state index in [1.807, 2.05) is 60.4 Å². The number of rotatable bonds is 5. The Morgan fingerprint density at radius 3 is 2.48 bits per heavy atom. The van der Waals surface area contributed by atoms with Crippen LogP contribution >= 0.6 is 0 Å². The number of hydrogen-bond donors (Lipinski definition) is 0. The number of amides is 1. The van der Waals surface area contributed by atoms with Gasteiger partial charge in [0, 0.05) is 11.3 Å². The van der Waals surface area contributed by atoms with Gasteiger partial charge in [0.25, 0.3) is 5.91 Å². The molecular weight excluding hydrogens is 310 g/mol. The summed E-state index contributed by atoms with van der Waals surface area (Å²) in [6.45, 7) is 2.58. The maximum Gasteiger partial charge on any atom is 0.258 e. The van der Waals surface area contributed by atoms with E-state index in [0.717, 1.165) is 47.4 Å². The van der Waals surface area contributed by atoms with Crippen molar-refractivity contribution < 1.29 is 9.53 Å². The monoisotopic (exact) mass is 335 g/mol. The first-order valence-corrected chi connectivity index (χ1v) is 8.88. The van der Waals surface area contributed by atoms with Crippen molar-refractivity contribution in [2.75, 3.05) is 7.11 Å². The van der Waals surface area contributed by atoms with Gasteiger partial charge in [-0.25, -0.2) is 0 Å². The molecule has 2 aromatic rings. The number of nitrogens with zero attached hydrogens (tertiary/aromatic N) is 1. The lowest BCUT2D eigenvalue weighted by atomic mass is 10.0. The maximum atomic E-state index is 13.3. The number of carbonyl (C=O) groups is 1. The molecule has 0 aliphatic heterocycles. The Bertz CT molecular complexity index is 762. The fraction of sp³-hybridized carbons (Fsp3) is 0.318. The van der Waals surface area contributed by atoms with Crippen LogP contribution in [-0.2, 0) is 6.54 Å². The molecule has 0 aromatic heterocycles. The van der Waals surface area contributed by atoms with Crippen LogP contribution < -0.4 is 4.74 Å². The Kier molecular flexibility index (Phi) is 5.54. The van der Waals surface area contributed by atoms with Gasteiger partial charge >= 0.3 is 0 Å². The van der Waals surface area contributed by atoms with Crippen molar-refractivity contribution in [3.8, 4) is 5.75 Å². The molecule has 0 atom stereocenters. The average Bonchev–Trinajstić information content (AvgIpc) is 2.67. The van der Waals surface area contributed by atoms with Gasteiger partial charge in [-0.2, -0.15) is 0 Å². The highest BCUT2D eigenvalue weighted by atomic mass is 16.5. The zero-order chi connectivity index (χ0) is 17.6. The Labute approximate surface area is 149 Å². The van der Waals surface area contributed by atoms with E-state index in [1.54, 1.807) is 7.11 Å². The van der Waals surface area contributed by atoms with Crippen molar-refractivity contribution >= 4 is 5.91 Å². The lowest BCUT2D eigenvalue weighted by Crippen LogP contribution is -2.31. The highest BCUT2D eigenvalue weighted by Crippen LogP contribution is 2.26. The molecule has 0 bridgehead atoms. The van der Waals surface area contributed by atoms with E-state index < -0.39 is 0 Å². The first kappa shape index (κ1) is 17.3. The standard InChI is InChI=1S/C22H25NO2/c1-17-8-6-7-11-21(17)22(24)23(19-9-4-3-5-10-19)16-18-12-14-20(25-2)15-13-18/h6-9,11-15H,3-5,10,16H2,1-2H3. The minimum atomic E-state index is 0.0852. The van der Waals surface area contributed by atoms with Crippen LogP contribution in [0.15, 0.2) is 60.3 Å². The molecule has 3 heteroatoms. The first-order valence-electron chi connectivity index (χ1n) is 8.88. The topological polar surface area (TPSA) is 29.5 Å². The van der Waals surface area contributed by atoms with Gasteiger partial charge < -0.3 is 9.64 Å². The summed E-state index contributed by atoms with van der Waals surface area (Å²) >= 11 is 0. The van der Waals surface area contributed by atoms with Gasteiger partial charge in [-0.15, -0.1) is 0 Å². The molecule has 3 rings (SSSR count). The van der Waals surface area contributed by atoms with Crippen LogP contribution in [0.2, 0.25) is 0 Å². The molecule has 0 N–H and O–H groups in total. The van der Waals surface area contributed by atoms with E-state index in [4.69, 9.17) is 4.74 Å². The second-order valence-electron chi connectivity index (χ2n) is 6.50. The van der Waals surface area contributed by atoms with E-state index in [9.17, 15) is 4.79 Å². The summed E-state index contributed by atoms with van der Waals surface area (Å²) < 4.78 is 5.23. The molecule has 25 heavy (non-hydrogen) atoms. The van der Waals surface area contributed by atoms with E-state index in [-0.39, 0.29) is 5.91 Å². The number of carbonyl (C=O) groups excluding carboxylic acids is 1. The van der Waals surface area contributed by atoms with Gasteiger partial charge in [0.1, 0.15) is 5.75 Å². The normalized spacial score (nSPS) is 13.9.